The first-order valence-corrected chi connectivity index (χ1v) is 8.97. The van der Waals surface area contributed by atoms with Crippen LogP contribution in [-0.2, 0) is 0 Å². The number of anilines is 2. The molecule has 0 unspecified atom stereocenters. The molecule has 0 aliphatic rings. The van der Waals surface area contributed by atoms with Crippen molar-refractivity contribution in [1.82, 2.24) is 15.3 Å². The third kappa shape index (κ3) is 4.49. The van der Waals surface area contributed by atoms with Crippen molar-refractivity contribution in [3.05, 3.63) is 64.8 Å². The maximum atomic E-state index is 13.3. The van der Waals surface area contributed by atoms with E-state index in [-0.39, 0.29) is 4.47 Å². The van der Waals surface area contributed by atoms with Gasteiger partial charge in [0.2, 0.25) is 0 Å². The van der Waals surface area contributed by atoms with Crippen molar-refractivity contribution in [1.29, 1.82) is 5.41 Å². The van der Waals surface area contributed by atoms with Crippen LogP contribution >= 0.6 is 15.9 Å². The number of carbonyl (C=O) groups excluding carboxylic acids is 1. The van der Waals surface area contributed by atoms with E-state index in [1.54, 1.807) is 37.6 Å². The van der Waals surface area contributed by atoms with Crippen molar-refractivity contribution in [3.8, 4) is 0 Å². The Balaban J connectivity index is 1.80. The number of allylic oxidation sites excluding steroid dienone is 1. The minimum absolute atomic E-state index is 0.260. The van der Waals surface area contributed by atoms with Crippen LogP contribution in [0.15, 0.2) is 53.3 Å². The number of hydrogen-bond donors (Lipinski definition) is 4. The Morgan fingerprint density at radius 3 is 2.54 bits per heavy atom. The molecule has 28 heavy (non-hydrogen) atoms. The largest absolute Gasteiger partial charge is 0.393 e. The first-order valence-electron chi connectivity index (χ1n) is 8.18. The molecule has 4 N–H and O–H groups in total. The lowest BCUT2D eigenvalue weighted by molar-refractivity contribution is 0.262. The molecule has 9 heteroatoms. The molecule has 0 atom stereocenters. The number of fused-ring (bicyclic) bond motifs is 1. The van der Waals surface area contributed by atoms with Gasteiger partial charge in [-0.25, -0.2) is 14.2 Å². The minimum Gasteiger partial charge on any atom is -0.393 e. The minimum atomic E-state index is -0.475. The first-order chi connectivity index (χ1) is 13.5. The number of rotatable bonds is 5. The maximum Gasteiger partial charge on any atom is 0.323 e. The molecule has 0 fully saturated rings. The Morgan fingerprint density at radius 2 is 1.86 bits per heavy atom. The molecule has 7 nitrogen and oxygen atoms in total. The van der Waals surface area contributed by atoms with Crippen molar-refractivity contribution in [3.63, 3.8) is 0 Å². The second-order valence-corrected chi connectivity index (χ2v) is 6.55. The Hall–Kier alpha value is -3.33. The van der Waals surface area contributed by atoms with Crippen LogP contribution in [0, 0.1) is 11.2 Å². The average Bonchev–Trinajstić information content (AvgIpc) is 2.68. The van der Waals surface area contributed by atoms with Crippen LogP contribution in [0.4, 0.5) is 20.6 Å². The molecule has 2 amide bonds. The molecule has 3 rings (SSSR count). The summed E-state index contributed by atoms with van der Waals surface area (Å²) in [5.41, 5.74) is 3.31. The molecular formula is C19H16BrFN6O. The standard InChI is InChI=1S/C19H16BrFN6O/c1-23-9-11(8-22)18-10-24-16-5-3-13(7-17(16)27-18)26-19(28)25-12-2-4-15(21)14(20)6-12/h2-10,22-23H,1H3,(H2,25,26,28)/b11-9+,22-8?. The Labute approximate surface area is 168 Å². The summed E-state index contributed by atoms with van der Waals surface area (Å²) >= 11 is 3.08. The molecule has 0 bridgehead atoms. The topological polar surface area (TPSA) is 103 Å². The fraction of sp³-hybridized carbons (Fsp3) is 0.0526. The van der Waals surface area contributed by atoms with E-state index in [1.165, 1.54) is 24.4 Å². The molecule has 0 saturated heterocycles. The van der Waals surface area contributed by atoms with Crippen LogP contribution in [0.2, 0.25) is 0 Å². The number of hydrogen-bond acceptors (Lipinski definition) is 5. The predicted molar refractivity (Wildman–Crippen MR) is 112 cm³/mol. The van der Waals surface area contributed by atoms with E-state index in [1.807, 2.05) is 0 Å². The fourth-order valence-corrected chi connectivity index (χ4v) is 2.82. The van der Waals surface area contributed by atoms with E-state index in [4.69, 9.17) is 5.41 Å². The molecule has 0 aliphatic heterocycles. The molecule has 0 saturated carbocycles. The third-order valence-electron chi connectivity index (χ3n) is 3.73. The maximum absolute atomic E-state index is 13.3. The van der Waals surface area contributed by atoms with Gasteiger partial charge in [0.1, 0.15) is 5.82 Å². The van der Waals surface area contributed by atoms with Gasteiger partial charge in [-0.2, -0.15) is 0 Å². The lowest BCUT2D eigenvalue weighted by Gasteiger charge is -2.09. The van der Waals surface area contributed by atoms with Crippen molar-refractivity contribution < 1.29 is 9.18 Å². The van der Waals surface area contributed by atoms with Gasteiger partial charge in [-0.15, -0.1) is 0 Å². The molecule has 0 aliphatic carbocycles. The number of halogens is 2. The van der Waals surface area contributed by atoms with Crippen molar-refractivity contribution in [2.24, 2.45) is 0 Å². The third-order valence-corrected chi connectivity index (χ3v) is 4.34. The van der Waals surface area contributed by atoms with Crippen LogP contribution in [0.5, 0.6) is 0 Å². The molecule has 0 radical (unpaired) electrons. The summed E-state index contributed by atoms with van der Waals surface area (Å²) < 4.78 is 13.5. The number of carbonyl (C=O) groups is 1. The molecule has 1 heterocycles. The normalized spacial score (nSPS) is 11.2. The van der Waals surface area contributed by atoms with Gasteiger partial charge >= 0.3 is 6.03 Å². The van der Waals surface area contributed by atoms with Crippen LogP contribution in [0.3, 0.4) is 0 Å². The second kappa shape index (κ2) is 8.57. The molecule has 142 valence electrons. The summed E-state index contributed by atoms with van der Waals surface area (Å²) in [6.07, 6.45) is 4.42. The number of nitrogens with zero attached hydrogens (tertiary/aromatic N) is 2. The van der Waals surface area contributed by atoms with Gasteiger partial charge in [-0.05, 0) is 52.3 Å². The Bertz CT molecular complexity index is 1090. The lowest BCUT2D eigenvalue weighted by atomic mass is 10.2. The summed E-state index contributed by atoms with van der Waals surface area (Å²) in [5, 5.41) is 15.7. The summed E-state index contributed by atoms with van der Waals surface area (Å²) in [7, 11) is 1.73. The molecular weight excluding hydrogens is 427 g/mol. The fourth-order valence-electron chi connectivity index (χ4n) is 2.44. The molecule has 2 aromatic carbocycles. The van der Waals surface area contributed by atoms with Gasteiger partial charge in [0.15, 0.2) is 0 Å². The van der Waals surface area contributed by atoms with Crippen LogP contribution in [-0.4, -0.2) is 29.3 Å². The molecule has 1 aromatic heterocycles. The van der Waals surface area contributed by atoms with Crippen LogP contribution in [0.25, 0.3) is 16.6 Å². The summed E-state index contributed by atoms with van der Waals surface area (Å²) in [6.45, 7) is 0. The summed E-state index contributed by atoms with van der Waals surface area (Å²) in [4.78, 5) is 21.0. The van der Waals surface area contributed by atoms with E-state index in [9.17, 15) is 9.18 Å². The Morgan fingerprint density at radius 1 is 1.14 bits per heavy atom. The first kappa shape index (κ1) is 19.4. The van der Waals surface area contributed by atoms with Crippen LogP contribution < -0.4 is 16.0 Å². The Kier molecular flexibility index (Phi) is 5.95. The van der Waals surface area contributed by atoms with E-state index in [0.717, 1.165) is 0 Å². The monoisotopic (exact) mass is 442 g/mol. The SMILES string of the molecule is CN/C=C(\C=N)c1cnc2ccc(NC(=O)Nc3ccc(F)c(Br)c3)cc2n1. The zero-order valence-corrected chi connectivity index (χ0v) is 16.3. The second-order valence-electron chi connectivity index (χ2n) is 5.70. The summed E-state index contributed by atoms with van der Waals surface area (Å²) in [5.74, 6) is -0.411. The van der Waals surface area contributed by atoms with Crippen LogP contribution in [0.1, 0.15) is 5.69 Å². The van der Waals surface area contributed by atoms with E-state index in [0.29, 0.717) is 33.7 Å². The smallest absolute Gasteiger partial charge is 0.323 e. The van der Waals surface area contributed by atoms with Crippen molar-refractivity contribution in [2.45, 2.75) is 0 Å². The van der Waals surface area contributed by atoms with Gasteiger partial charge in [-0.3, -0.25) is 4.98 Å². The number of aromatic nitrogens is 2. The van der Waals surface area contributed by atoms with Gasteiger partial charge in [0.25, 0.3) is 0 Å². The summed E-state index contributed by atoms with van der Waals surface area (Å²) in [6, 6.07) is 8.85. The number of nitrogens with one attached hydrogen (secondary N) is 4. The quantitative estimate of drug-likeness (QED) is 0.440. The molecule has 0 spiro atoms. The zero-order valence-electron chi connectivity index (χ0n) is 14.8. The lowest BCUT2D eigenvalue weighted by Crippen LogP contribution is -2.19. The van der Waals surface area contributed by atoms with Gasteiger partial charge in [0.05, 0.1) is 27.4 Å². The highest BCUT2D eigenvalue weighted by Crippen LogP contribution is 2.21. The molecule has 3 aromatic rings. The zero-order chi connectivity index (χ0) is 20.1. The number of amides is 2. The van der Waals surface area contributed by atoms with E-state index < -0.39 is 11.8 Å². The van der Waals surface area contributed by atoms with E-state index in [2.05, 4.69) is 41.8 Å². The number of urea groups is 1. The van der Waals surface area contributed by atoms with Crippen molar-refractivity contribution in [2.75, 3.05) is 17.7 Å². The highest BCUT2D eigenvalue weighted by Gasteiger charge is 2.08. The van der Waals surface area contributed by atoms with Crippen molar-refractivity contribution >= 4 is 56.2 Å². The van der Waals surface area contributed by atoms with Gasteiger partial charge in [0, 0.05) is 36.4 Å². The van der Waals surface area contributed by atoms with E-state index >= 15 is 0 Å². The number of benzene rings is 2. The average molecular weight is 443 g/mol. The highest BCUT2D eigenvalue weighted by atomic mass is 79.9. The van der Waals surface area contributed by atoms with Gasteiger partial charge in [-0.1, -0.05) is 0 Å². The highest BCUT2D eigenvalue weighted by molar-refractivity contribution is 9.10. The predicted octanol–water partition coefficient (Wildman–Crippen LogP) is 4.39. The van der Waals surface area contributed by atoms with Gasteiger partial charge < -0.3 is 21.4 Å².